The van der Waals surface area contributed by atoms with Crippen molar-refractivity contribution in [1.29, 1.82) is 0 Å². The monoisotopic (exact) mass is 347 g/mol. The van der Waals surface area contributed by atoms with Crippen molar-refractivity contribution in [2.75, 3.05) is 27.1 Å². The van der Waals surface area contributed by atoms with Gasteiger partial charge >= 0.3 is 0 Å². The topological polar surface area (TPSA) is 138 Å². The van der Waals surface area contributed by atoms with Crippen molar-refractivity contribution in [3.05, 3.63) is 35.8 Å². The number of rotatable bonds is 5. The minimum absolute atomic E-state index is 0.0537. The summed E-state index contributed by atoms with van der Waals surface area (Å²) in [6, 6.07) is 2.89. The number of anilines is 1. The molecule has 1 aromatic carbocycles. The number of nitrogens with two attached hydrogens (primary N) is 1. The molecule has 10 nitrogen and oxygen atoms in total. The van der Waals surface area contributed by atoms with E-state index in [-0.39, 0.29) is 17.1 Å². The smallest absolute Gasteiger partial charge is 0.292 e. The maximum atomic E-state index is 12.3. The summed E-state index contributed by atoms with van der Waals surface area (Å²) in [5.41, 5.74) is 10.1. The fourth-order valence-electron chi connectivity index (χ4n) is 1.98. The molecule has 0 spiro atoms. The largest absolute Gasteiger partial charge is 0.493 e. The molecule has 0 aliphatic heterocycles. The number of benzene rings is 1. The Morgan fingerprint density at radius 3 is 2.00 bits per heavy atom. The Morgan fingerprint density at radius 1 is 0.920 bits per heavy atom. The van der Waals surface area contributed by atoms with Crippen molar-refractivity contribution in [2.24, 2.45) is 0 Å². The molecule has 0 saturated heterocycles. The average molecular weight is 347 g/mol. The number of amides is 2. The van der Waals surface area contributed by atoms with Gasteiger partial charge in [-0.25, -0.2) is 9.97 Å². The first-order valence-corrected chi connectivity index (χ1v) is 6.99. The molecular weight excluding hydrogens is 330 g/mol. The predicted octanol–water partition coefficient (Wildman–Crippen LogP) is 0.159. The van der Waals surface area contributed by atoms with E-state index in [0.717, 1.165) is 0 Å². The van der Waals surface area contributed by atoms with Crippen LogP contribution in [0.2, 0.25) is 0 Å². The van der Waals surface area contributed by atoms with Crippen LogP contribution < -0.4 is 30.8 Å². The zero-order valence-electron chi connectivity index (χ0n) is 13.8. The number of methoxy groups -OCH3 is 3. The first-order chi connectivity index (χ1) is 12.0. The van der Waals surface area contributed by atoms with Crippen LogP contribution in [0.4, 0.5) is 5.82 Å². The summed E-state index contributed by atoms with van der Waals surface area (Å²) in [6.07, 6.45) is 2.66. The van der Waals surface area contributed by atoms with Gasteiger partial charge in [0.2, 0.25) is 5.75 Å². The Balaban J connectivity index is 2.16. The van der Waals surface area contributed by atoms with Crippen molar-refractivity contribution >= 4 is 17.6 Å². The van der Waals surface area contributed by atoms with Gasteiger partial charge in [0, 0.05) is 18.0 Å². The van der Waals surface area contributed by atoms with Gasteiger partial charge in [-0.1, -0.05) is 0 Å². The van der Waals surface area contributed by atoms with Crippen LogP contribution in [-0.2, 0) is 0 Å². The number of nitrogens with zero attached hydrogens (tertiary/aromatic N) is 2. The second-order valence-corrected chi connectivity index (χ2v) is 4.61. The Kier molecular flexibility index (Phi) is 5.56. The Bertz CT molecular complexity index is 771. The summed E-state index contributed by atoms with van der Waals surface area (Å²) in [4.78, 5) is 31.8. The van der Waals surface area contributed by atoms with Crippen LogP contribution in [0.1, 0.15) is 20.8 Å². The molecule has 0 aliphatic carbocycles. The molecule has 0 unspecified atom stereocenters. The molecule has 1 heterocycles. The van der Waals surface area contributed by atoms with Gasteiger partial charge in [-0.15, -0.1) is 0 Å². The third-order valence-electron chi connectivity index (χ3n) is 3.16. The summed E-state index contributed by atoms with van der Waals surface area (Å²) in [6.45, 7) is 0. The van der Waals surface area contributed by atoms with Gasteiger partial charge in [-0.05, 0) is 12.1 Å². The minimum Gasteiger partial charge on any atom is -0.493 e. The molecule has 1 aromatic heterocycles. The Morgan fingerprint density at radius 2 is 1.48 bits per heavy atom. The first kappa shape index (κ1) is 17.8. The van der Waals surface area contributed by atoms with Gasteiger partial charge in [-0.2, -0.15) is 0 Å². The number of ether oxygens (including phenoxy) is 3. The number of carbonyl (C=O) groups excluding carboxylic acids is 2. The van der Waals surface area contributed by atoms with Crippen molar-refractivity contribution in [3.63, 3.8) is 0 Å². The SMILES string of the molecule is COc1cc(C(=O)NNC(=O)c2nccnc2N)cc(OC)c1OC. The number of nitrogens with one attached hydrogen (secondary N) is 2. The number of nitrogen functional groups attached to an aromatic ring is 1. The normalized spacial score (nSPS) is 9.88. The third-order valence-corrected chi connectivity index (χ3v) is 3.16. The Labute approximate surface area is 143 Å². The zero-order valence-corrected chi connectivity index (χ0v) is 13.8. The molecule has 0 fully saturated rings. The Hall–Kier alpha value is -3.56. The van der Waals surface area contributed by atoms with E-state index in [1.165, 1.54) is 45.9 Å². The number of hydrazine groups is 1. The van der Waals surface area contributed by atoms with E-state index in [4.69, 9.17) is 19.9 Å². The molecule has 0 aliphatic rings. The van der Waals surface area contributed by atoms with Gasteiger partial charge in [-0.3, -0.25) is 20.4 Å². The molecule has 25 heavy (non-hydrogen) atoms. The summed E-state index contributed by atoms with van der Waals surface area (Å²) in [5.74, 6) is -0.408. The fourth-order valence-corrected chi connectivity index (χ4v) is 1.98. The highest BCUT2D eigenvalue weighted by molar-refractivity contribution is 6.00. The van der Waals surface area contributed by atoms with E-state index in [1.807, 2.05) is 0 Å². The van der Waals surface area contributed by atoms with Gasteiger partial charge < -0.3 is 19.9 Å². The van der Waals surface area contributed by atoms with Crippen LogP contribution in [0, 0.1) is 0 Å². The van der Waals surface area contributed by atoms with Crippen molar-refractivity contribution in [3.8, 4) is 17.2 Å². The maximum absolute atomic E-state index is 12.3. The van der Waals surface area contributed by atoms with Gasteiger partial charge in [0.15, 0.2) is 23.0 Å². The standard InChI is InChI=1S/C15H17N5O5/c1-23-9-6-8(7-10(24-2)12(9)25-3)14(21)19-20-15(22)11-13(16)18-5-4-17-11/h4-7H,1-3H3,(H2,16,18)(H,19,21)(H,20,22). The molecule has 0 atom stereocenters. The maximum Gasteiger partial charge on any atom is 0.292 e. The molecule has 0 radical (unpaired) electrons. The van der Waals surface area contributed by atoms with E-state index in [2.05, 4.69) is 20.8 Å². The first-order valence-electron chi connectivity index (χ1n) is 6.99. The second kappa shape index (κ2) is 7.81. The molecule has 0 bridgehead atoms. The third kappa shape index (κ3) is 3.86. The van der Waals surface area contributed by atoms with E-state index in [1.54, 1.807) is 0 Å². The zero-order chi connectivity index (χ0) is 18.4. The molecule has 132 valence electrons. The predicted molar refractivity (Wildman–Crippen MR) is 87.5 cm³/mol. The van der Waals surface area contributed by atoms with Crippen LogP contribution >= 0.6 is 0 Å². The molecule has 2 aromatic rings. The second-order valence-electron chi connectivity index (χ2n) is 4.61. The highest BCUT2D eigenvalue weighted by atomic mass is 16.5. The molecule has 0 saturated carbocycles. The van der Waals surface area contributed by atoms with Gasteiger partial charge in [0.1, 0.15) is 0 Å². The molecular formula is C15H17N5O5. The lowest BCUT2D eigenvalue weighted by Gasteiger charge is -2.14. The van der Waals surface area contributed by atoms with Crippen LogP contribution in [0.15, 0.2) is 24.5 Å². The molecule has 2 amide bonds. The van der Waals surface area contributed by atoms with Crippen molar-refractivity contribution in [2.45, 2.75) is 0 Å². The van der Waals surface area contributed by atoms with E-state index in [9.17, 15) is 9.59 Å². The van der Waals surface area contributed by atoms with Crippen molar-refractivity contribution < 1.29 is 23.8 Å². The van der Waals surface area contributed by atoms with Crippen LogP contribution in [-0.4, -0.2) is 43.1 Å². The van der Waals surface area contributed by atoms with Crippen LogP contribution in [0.3, 0.4) is 0 Å². The summed E-state index contributed by atoms with van der Waals surface area (Å²) >= 11 is 0. The lowest BCUT2D eigenvalue weighted by molar-refractivity contribution is 0.0844. The number of aromatic nitrogens is 2. The van der Waals surface area contributed by atoms with Gasteiger partial charge in [0.25, 0.3) is 11.8 Å². The highest BCUT2D eigenvalue weighted by Gasteiger charge is 2.18. The molecule has 10 heteroatoms. The van der Waals surface area contributed by atoms with E-state index >= 15 is 0 Å². The average Bonchev–Trinajstić information content (AvgIpc) is 2.64. The van der Waals surface area contributed by atoms with Crippen LogP contribution in [0.5, 0.6) is 17.2 Å². The van der Waals surface area contributed by atoms with Crippen molar-refractivity contribution in [1.82, 2.24) is 20.8 Å². The number of hydrogen-bond donors (Lipinski definition) is 3. The lowest BCUT2D eigenvalue weighted by Crippen LogP contribution is -2.42. The highest BCUT2D eigenvalue weighted by Crippen LogP contribution is 2.38. The fraction of sp³-hybridized carbons (Fsp3) is 0.200. The van der Waals surface area contributed by atoms with E-state index in [0.29, 0.717) is 17.2 Å². The van der Waals surface area contributed by atoms with E-state index < -0.39 is 11.8 Å². The minimum atomic E-state index is -0.702. The quantitative estimate of drug-likeness (QED) is 0.650. The summed E-state index contributed by atoms with van der Waals surface area (Å²) < 4.78 is 15.5. The lowest BCUT2D eigenvalue weighted by atomic mass is 10.1. The molecule has 4 N–H and O–H groups in total. The van der Waals surface area contributed by atoms with Gasteiger partial charge in [0.05, 0.1) is 21.3 Å². The number of hydrogen-bond acceptors (Lipinski definition) is 8. The summed E-state index contributed by atoms with van der Waals surface area (Å²) in [7, 11) is 4.31. The van der Waals surface area contributed by atoms with Crippen LogP contribution in [0.25, 0.3) is 0 Å². The number of carbonyl (C=O) groups is 2. The summed E-state index contributed by atoms with van der Waals surface area (Å²) in [5, 5.41) is 0. The molecule has 2 rings (SSSR count).